The Labute approximate surface area is 123 Å². The molecule has 21 heavy (non-hydrogen) atoms. The van der Waals surface area contributed by atoms with Gasteiger partial charge < -0.3 is 25.2 Å². The summed E-state index contributed by atoms with van der Waals surface area (Å²) in [7, 11) is 1.23. The first kappa shape index (κ1) is 17.2. The molecule has 1 fully saturated rings. The van der Waals surface area contributed by atoms with Crippen molar-refractivity contribution in [1.29, 1.82) is 0 Å². The second-order valence-electron chi connectivity index (χ2n) is 5.03. The van der Waals surface area contributed by atoms with E-state index in [1.807, 2.05) is 6.92 Å². The van der Waals surface area contributed by atoms with Crippen LogP contribution in [0, 0.1) is 0 Å². The van der Waals surface area contributed by atoms with Gasteiger partial charge in [0.1, 0.15) is 6.04 Å². The van der Waals surface area contributed by atoms with Crippen molar-refractivity contribution in [2.75, 3.05) is 13.7 Å². The number of esters is 1. The van der Waals surface area contributed by atoms with Gasteiger partial charge in [-0.25, -0.2) is 9.59 Å². The van der Waals surface area contributed by atoms with Crippen LogP contribution in [0.4, 0.5) is 4.79 Å². The molecule has 0 radical (unpaired) electrons. The third-order valence-corrected chi connectivity index (χ3v) is 3.29. The van der Waals surface area contributed by atoms with Gasteiger partial charge in [-0.15, -0.1) is 0 Å². The van der Waals surface area contributed by atoms with Crippen molar-refractivity contribution >= 4 is 18.0 Å². The summed E-state index contributed by atoms with van der Waals surface area (Å²) in [5.41, 5.74) is 0. The van der Waals surface area contributed by atoms with Gasteiger partial charge in [-0.3, -0.25) is 4.79 Å². The van der Waals surface area contributed by atoms with Crippen molar-refractivity contribution in [2.45, 2.75) is 50.8 Å². The Kier molecular flexibility index (Phi) is 6.93. The molecule has 3 atom stereocenters. The molecule has 8 heteroatoms. The average Bonchev–Trinajstić information content (AvgIpc) is 2.42. The third-order valence-electron chi connectivity index (χ3n) is 3.29. The number of ether oxygens (including phenoxy) is 2. The van der Waals surface area contributed by atoms with Gasteiger partial charge in [0, 0.05) is 19.1 Å². The molecule has 8 nitrogen and oxygen atoms in total. The minimum atomic E-state index is -1.19. The highest BCUT2D eigenvalue weighted by Crippen LogP contribution is 2.13. The number of amides is 2. The summed E-state index contributed by atoms with van der Waals surface area (Å²) >= 11 is 0. The van der Waals surface area contributed by atoms with Gasteiger partial charge in [-0.2, -0.15) is 0 Å². The van der Waals surface area contributed by atoms with Crippen molar-refractivity contribution in [3.63, 3.8) is 0 Å². The topological polar surface area (TPSA) is 114 Å². The summed E-state index contributed by atoms with van der Waals surface area (Å²) in [6.07, 6.45) is 1.37. The summed E-state index contributed by atoms with van der Waals surface area (Å²) in [5.74, 6) is -1.70. The van der Waals surface area contributed by atoms with Gasteiger partial charge >= 0.3 is 18.0 Å². The lowest BCUT2D eigenvalue weighted by Gasteiger charge is -2.28. The summed E-state index contributed by atoms with van der Waals surface area (Å²) < 4.78 is 9.81. The van der Waals surface area contributed by atoms with Crippen molar-refractivity contribution in [1.82, 2.24) is 10.6 Å². The van der Waals surface area contributed by atoms with Gasteiger partial charge in [0.05, 0.1) is 13.2 Å². The lowest BCUT2D eigenvalue weighted by molar-refractivity contribution is -0.142. The molecule has 120 valence electrons. The van der Waals surface area contributed by atoms with Crippen LogP contribution in [-0.4, -0.2) is 55.0 Å². The predicted octanol–water partition coefficient (Wildman–Crippen LogP) is 0.260. The van der Waals surface area contributed by atoms with E-state index >= 15 is 0 Å². The number of urea groups is 1. The number of rotatable bonds is 6. The number of carbonyl (C=O) groups excluding carboxylic acids is 2. The molecular formula is C13H22N2O6. The Morgan fingerprint density at radius 3 is 2.71 bits per heavy atom. The van der Waals surface area contributed by atoms with Crippen molar-refractivity contribution in [2.24, 2.45) is 0 Å². The molecule has 0 aliphatic carbocycles. The quantitative estimate of drug-likeness (QED) is 0.606. The first-order chi connectivity index (χ1) is 9.92. The number of aliphatic carboxylic acids is 1. The van der Waals surface area contributed by atoms with Crippen LogP contribution in [0.1, 0.15) is 32.6 Å². The molecule has 1 heterocycles. The monoisotopic (exact) mass is 302 g/mol. The molecule has 0 aromatic heterocycles. The number of carboxylic acids is 1. The average molecular weight is 302 g/mol. The maximum Gasteiger partial charge on any atom is 0.326 e. The van der Waals surface area contributed by atoms with E-state index in [9.17, 15) is 14.4 Å². The van der Waals surface area contributed by atoms with Crippen LogP contribution in [0.2, 0.25) is 0 Å². The first-order valence-corrected chi connectivity index (χ1v) is 6.90. The van der Waals surface area contributed by atoms with Crippen LogP contribution >= 0.6 is 0 Å². The minimum Gasteiger partial charge on any atom is -0.480 e. The van der Waals surface area contributed by atoms with Crippen LogP contribution in [-0.2, 0) is 19.1 Å². The predicted molar refractivity (Wildman–Crippen MR) is 72.8 cm³/mol. The van der Waals surface area contributed by atoms with Gasteiger partial charge in [0.25, 0.3) is 0 Å². The van der Waals surface area contributed by atoms with E-state index in [0.717, 1.165) is 0 Å². The molecule has 3 N–H and O–H groups in total. The molecule has 0 spiro atoms. The lowest BCUT2D eigenvalue weighted by atomic mass is 10.0. The van der Waals surface area contributed by atoms with Crippen molar-refractivity contribution in [3.05, 3.63) is 0 Å². The van der Waals surface area contributed by atoms with E-state index in [0.29, 0.717) is 19.4 Å². The van der Waals surface area contributed by atoms with Gasteiger partial charge in [-0.05, 0) is 26.2 Å². The van der Waals surface area contributed by atoms with E-state index < -0.39 is 24.0 Å². The molecule has 2 unspecified atom stereocenters. The van der Waals surface area contributed by atoms with E-state index in [4.69, 9.17) is 9.84 Å². The smallest absolute Gasteiger partial charge is 0.326 e. The Balaban J connectivity index is 2.41. The van der Waals surface area contributed by atoms with Gasteiger partial charge in [0.2, 0.25) is 0 Å². The van der Waals surface area contributed by atoms with E-state index in [1.165, 1.54) is 7.11 Å². The standard InChI is InChI=1S/C13H22N2O6/c1-8-7-9(5-6-21-8)14-13(19)15-10(12(17)18)3-4-11(16)20-2/h8-10H,3-7H2,1-2H3,(H,17,18)(H2,14,15,19)/t8?,9?,10-/m1/s1. The first-order valence-electron chi connectivity index (χ1n) is 6.90. The molecule has 0 saturated carbocycles. The minimum absolute atomic E-state index is 0.0143. The zero-order chi connectivity index (χ0) is 15.8. The number of methoxy groups -OCH3 is 1. The zero-order valence-electron chi connectivity index (χ0n) is 12.3. The lowest BCUT2D eigenvalue weighted by Crippen LogP contribution is -2.50. The van der Waals surface area contributed by atoms with Gasteiger partial charge in [0.15, 0.2) is 0 Å². The summed E-state index contributed by atoms with van der Waals surface area (Å²) in [6, 6.07) is -1.71. The number of carbonyl (C=O) groups is 3. The highest BCUT2D eigenvalue weighted by molar-refractivity contribution is 5.83. The highest BCUT2D eigenvalue weighted by Gasteiger charge is 2.24. The maximum absolute atomic E-state index is 11.8. The second-order valence-corrected chi connectivity index (χ2v) is 5.03. The Morgan fingerprint density at radius 1 is 1.43 bits per heavy atom. The Hall–Kier alpha value is -1.83. The second kappa shape index (κ2) is 8.46. The highest BCUT2D eigenvalue weighted by atomic mass is 16.5. The van der Waals surface area contributed by atoms with E-state index in [2.05, 4.69) is 15.4 Å². The Bertz CT molecular complexity index is 387. The molecule has 1 saturated heterocycles. The molecule has 2 amide bonds. The fraction of sp³-hybridized carbons (Fsp3) is 0.769. The van der Waals surface area contributed by atoms with E-state index in [1.54, 1.807) is 0 Å². The van der Waals surface area contributed by atoms with Crippen molar-refractivity contribution < 1.29 is 29.0 Å². The molecule has 1 aliphatic heterocycles. The fourth-order valence-electron chi connectivity index (χ4n) is 2.14. The van der Waals surface area contributed by atoms with Crippen LogP contribution in [0.3, 0.4) is 0 Å². The number of nitrogens with one attached hydrogen (secondary N) is 2. The number of hydrogen-bond acceptors (Lipinski definition) is 5. The summed E-state index contributed by atoms with van der Waals surface area (Å²) in [5, 5.41) is 14.1. The van der Waals surface area contributed by atoms with E-state index in [-0.39, 0.29) is 25.0 Å². The summed E-state index contributed by atoms with van der Waals surface area (Å²) in [4.78, 5) is 33.9. The number of hydrogen-bond donors (Lipinski definition) is 3. The molecular weight excluding hydrogens is 280 g/mol. The van der Waals surface area contributed by atoms with Gasteiger partial charge in [-0.1, -0.05) is 0 Å². The van der Waals surface area contributed by atoms with Crippen LogP contribution in [0.5, 0.6) is 0 Å². The molecule has 1 aliphatic rings. The largest absolute Gasteiger partial charge is 0.480 e. The third kappa shape index (κ3) is 6.44. The maximum atomic E-state index is 11.8. The van der Waals surface area contributed by atoms with Crippen molar-refractivity contribution in [3.8, 4) is 0 Å². The normalized spacial score (nSPS) is 23.0. The number of carboxylic acid groups (broad SMARTS) is 1. The molecule has 0 bridgehead atoms. The molecule has 0 aromatic carbocycles. The SMILES string of the molecule is COC(=O)CC[C@@H](NC(=O)NC1CCOC(C)C1)C(=O)O. The zero-order valence-corrected chi connectivity index (χ0v) is 12.3. The fourth-order valence-corrected chi connectivity index (χ4v) is 2.14. The Morgan fingerprint density at radius 2 is 2.14 bits per heavy atom. The molecule has 0 aromatic rings. The summed E-state index contributed by atoms with van der Waals surface area (Å²) in [6.45, 7) is 2.49. The van der Waals surface area contributed by atoms with Crippen LogP contribution in [0.15, 0.2) is 0 Å². The molecule has 1 rings (SSSR count). The van der Waals surface area contributed by atoms with Crippen LogP contribution < -0.4 is 10.6 Å². The van der Waals surface area contributed by atoms with Crippen LogP contribution in [0.25, 0.3) is 0 Å².